The Morgan fingerprint density at radius 2 is 1.81 bits per heavy atom. The highest BCUT2D eigenvalue weighted by molar-refractivity contribution is 7.09. The number of H-pyrrole nitrogens is 1. The number of imidazole rings is 1. The van der Waals surface area contributed by atoms with Crippen LogP contribution in [0.3, 0.4) is 0 Å². The molecule has 2 amide bonds. The van der Waals surface area contributed by atoms with E-state index in [9.17, 15) is 14.7 Å². The van der Waals surface area contributed by atoms with Gasteiger partial charge in [-0.3, -0.25) is 4.79 Å². The molecule has 0 saturated carbocycles. The molecule has 4 aromatic rings. The first-order valence-corrected chi connectivity index (χ1v) is 10.6. The largest absolute Gasteiger partial charge is 0.465 e. The Labute approximate surface area is 182 Å². The van der Waals surface area contributed by atoms with Gasteiger partial charge in [-0.15, -0.1) is 11.3 Å². The number of anilines is 1. The number of carboxylic acid groups (broad SMARTS) is 1. The second-order valence-electron chi connectivity index (χ2n) is 6.98. The number of benzene rings is 2. The van der Waals surface area contributed by atoms with E-state index in [2.05, 4.69) is 15.0 Å². The molecule has 158 valence electrons. The zero-order chi connectivity index (χ0) is 21.8. The standard InChI is InChI=1S/C22H21N5O3S/c1-26(15-7-3-2-4-8-15)21(28)18-14-31-20(25-18)11-12-27(22(29)30)13-19-23-16-9-5-6-10-17(16)24-19/h2-10,14H,11-13H2,1H3,(H,23,24)(H,29,30). The number of hydrogen-bond donors (Lipinski definition) is 2. The SMILES string of the molecule is CN(C(=O)c1csc(CCN(Cc2nc3ccccc3[nH]2)C(=O)O)n1)c1ccccc1. The van der Waals surface area contributed by atoms with Crippen molar-refractivity contribution in [3.05, 3.63) is 76.5 Å². The van der Waals surface area contributed by atoms with Crippen LogP contribution in [-0.2, 0) is 13.0 Å². The molecule has 0 aliphatic heterocycles. The van der Waals surface area contributed by atoms with Crippen LogP contribution in [0.5, 0.6) is 0 Å². The minimum Gasteiger partial charge on any atom is -0.465 e. The lowest BCUT2D eigenvalue weighted by Gasteiger charge is -2.17. The molecule has 9 heteroatoms. The van der Waals surface area contributed by atoms with Crippen molar-refractivity contribution < 1.29 is 14.7 Å². The number of para-hydroxylation sites is 3. The monoisotopic (exact) mass is 435 g/mol. The minimum absolute atomic E-state index is 0.151. The average molecular weight is 436 g/mol. The van der Waals surface area contributed by atoms with Crippen molar-refractivity contribution in [1.29, 1.82) is 0 Å². The van der Waals surface area contributed by atoms with Crippen molar-refractivity contribution in [2.45, 2.75) is 13.0 Å². The second kappa shape index (κ2) is 8.97. The molecule has 0 radical (unpaired) electrons. The molecule has 0 aliphatic rings. The predicted molar refractivity (Wildman–Crippen MR) is 120 cm³/mol. The summed E-state index contributed by atoms with van der Waals surface area (Å²) in [5, 5.41) is 12.0. The van der Waals surface area contributed by atoms with Gasteiger partial charge in [0, 0.05) is 31.1 Å². The molecule has 2 heterocycles. The summed E-state index contributed by atoms with van der Waals surface area (Å²) in [6.45, 7) is 0.403. The second-order valence-corrected chi connectivity index (χ2v) is 7.92. The van der Waals surface area contributed by atoms with Gasteiger partial charge in [-0.25, -0.2) is 14.8 Å². The summed E-state index contributed by atoms with van der Waals surface area (Å²) in [4.78, 5) is 39.2. The number of hydrogen-bond acceptors (Lipinski definition) is 5. The quantitative estimate of drug-likeness (QED) is 0.456. The fourth-order valence-corrected chi connectivity index (χ4v) is 3.96. The number of nitrogens with one attached hydrogen (secondary N) is 1. The Morgan fingerprint density at radius 1 is 1.06 bits per heavy atom. The smallest absolute Gasteiger partial charge is 0.407 e. The zero-order valence-corrected chi connectivity index (χ0v) is 17.7. The molecule has 0 spiro atoms. The van der Waals surface area contributed by atoms with Gasteiger partial charge in [0.1, 0.15) is 11.5 Å². The number of aromatic nitrogens is 3. The molecule has 31 heavy (non-hydrogen) atoms. The molecule has 0 fully saturated rings. The molecule has 2 N–H and O–H groups in total. The summed E-state index contributed by atoms with van der Waals surface area (Å²) in [5.41, 5.74) is 2.80. The van der Waals surface area contributed by atoms with Crippen LogP contribution >= 0.6 is 11.3 Å². The molecular weight excluding hydrogens is 414 g/mol. The lowest BCUT2D eigenvalue weighted by atomic mass is 10.3. The highest BCUT2D eigenvalue weighted by Gasteiger charge is 2.19. The molecule has 0 bridgehead atoms. The summed E-state index contributed by atoms with van der Waals surface area (Å²) in [6.07, 6.45) is -0.614. The van der Waals surface area contributed by atoms with E-state index in [-0.39, 0.29) is 19.0 Å². The Morgan fingerprint density at radius 3 is 2.55 bits per heavy atom. The van der Waals surface area contributed by atoms with Crippen molar-refractivity contribution in [2.75, 3.05) is 18.5 Å². The van der Waals surface area contributed by atoms with E-state index in [1.54, 1.807) is 17.3 Å². The number of amides is 2. The Hall–Kier alpha value is -3.72. The predicted octanol–water partition coefficient (Wildman–Crippen LogP) is 4.02. The first kappa shape index (κ1) is 20.5. The van der Waals surface area contributed by atoms with E-state index < -0.39 is 6.09 Å². The van der Waals surface area contributed by atoms with E-state index in [0.29, 0.717) is 22.9 Å². The van der Waals surface area contributed by atoms with Crippen molar-refractivity contribution in [3.63, 3.8) is 0 Å². The van der Waals surface area contributed by atoms with Gasteiger partial charge >= 0.3 is 6.09 Å². The van der Waals surface area contributed by atoms with Crippen LogP contribution in [0.1, 0.15) is 21.3 Å². The topological polar surface area (TPSA) is 102 Å². The summed E-state index contributed by atoms with van der Waals surface area (Å²) in [5.74, 6) is 0.383. The van der Waals surface area contributed by atoms with Gasteiger partial charge in [0.15, 0.2) is 0 Å². The van der Waals surface area contributed by atoms with Crippen LogP contribution in [0.2, 0.25) is 0 Å². The first-order chi connectivity index (χ1) is 15.0. The summed E-state index contributed by atoms with van der Waals surface area (Å²) in [6, 6.07) is 16.9. The van der Waals surface area contributed by atoms with E-state index in [0.717, 1.165) is 16.7 Å². The van der Waals surface area contributed by atoms with Crippen molar-refractivity contribution >= 4 is 40.1 Å². The van der Waals surface area contributed by atoms with Gasteiger partial charge in [0.05, 0.1) is 22.6 Å². The number of carbonyl (C=O) groups is 2. The Balaban J connectivity index is 1.40. The molecule has 8 nitrogen and oxygen atoms in total. The third-order valence-electron chi connectivity index (χ3n) is 4.86. The summed E-state index contributed by atoms with van der Waals surface area (Å²) >= 11 is 1.35. The van der Waals surface area contributed by atoms with E-state index in [1.807, 2.05) is 54.6 Å². The van der Waals surface area contributed by atoms with Gasteiger partial charge in [-0.1, -0.05) is 30.3 Å². The molecule has 0 unspecified atom stereocenters. The third-order valence-corrected chi connectivity index (χ3v) is 5.77. The van der Waals surface area contributed by atoms with Gasteiger partial charge in [-0.05, 0) is 24.3 Å². The average Bonchev–Trinajstić information content (AvgIpc) is 3.42. The van der Waals surface area contributed by atoms with E-state index >= 15 is 0 Å². The fraction of sp³-hybridized carbons (Fsp3) is 0.182. The Kier molecular flexibility index (Phi) is 5.94. The number of nitrogens with zero attached hydrogens (tertiary/aromatic N) is 4. The van der Waals surface area contributed by atoms with Gasteiger partial charge in [-0.2, -0.15) is 0 Å². The maximum atomic E-state index is 12.7. The van der Waals surface area contributed by atoms with Crippen LogP contribution in [-0.4, -0.2) is 50.6 Å². The molecule has 0 atom stereocenters. The maximum absolute atomic E-state index is 12.7. The molecule has 4 rings (SSSR count). The lowest BCUT2D eigenvalue weighted by Crippen LogP contribution is -2.31. The summed E-state index contributed by atoms with van der Waals surface area (Å²) < 4.78 is 0. The van der Waals surface area contributed by atoms with Gasteiger partial charge in [0.2, 0.25) is 0 Å². The Bertz CT molecular complexity index is 1170. The normalized spacial score (nSPS) is 10.9. The number of thiazole rings is 1. The molecule has 2 aromatic heterocycles. The van der Waals surface area contributed by atoms with Crippen LogP contribution in [0, 0.1) is 0 Å². The lowest BCUT2D eigenvalue weighted by molar-refractivity contribution is 0.0988. The highest BCUT2D eigenvalue weighted by Crippen LogP contribution is 2.18. The van der Waals surface area contributed by atoms with E-state index in [4.69, 9.17) is 0 Å². The molecular formula is C22H21N5O3S. The number of rotatable bonds is 7. The molecule has 0 aliphatic carbocycles. The maximum Gasteiger partial charge on any atom is 0.407 e. The van der Waals surface area contributed by atoms with Crippen LogP contribution in [0.4, 0.5) is 10.5 Å². The van der Waals surface area contributed by atoms with Crippen molar-refractivity contribution in [3.8, 4) is 0 Å². The van der Waals surface area contributed by atoms with Crippen LogP contribution in [0.25, 0.3) is 11.0 Å². The van der Waals surface area contributed by atoms with Gasteiger partial charge < -0.3 is 19.9 Å². The van der Waals surface area contributed by atoms with Crippen molar-refractivity contribution in [2.24, 2.45) is 0 Å². The molecule has 0 saturated heterocycles. The first-order valence-electron chi connectivity index (χ1n) is 9.70. The van der Waals surface area contributed by atoms with Gasteiger partial charge in [0.25, 0.3) is 5.91 Å². The zero-order valence-electron chi connectivity index (χ0n) is 16.9. The number of aromatic amines is 1. The minimum atomic E-state index is -1.03. The van der Waals surface area contributed by atoms with E-state index in [1.165, 1.54) is 16.2 Å². The number of fused-ring (bicyclic) bond motifs is 1. The highest BCUT2D eigenvalue weighted by atomic mass is 32.1. The summed E-state index contributed by atoms with van der Waals surface area (Å²) in [7, 11) is 1.70. The third kappa shape index (κ3) is 4.72. The number of carbonyl (C=O) groups excluding carboxylic acids is 1. The van der Waals surface area contributed by atoms with Crippen LogP contribution in [0.15, 0.2) is 60.0 Å². The fourth-order valence-electron chi connectivity index (χ4n) is 3.20. The van der Waals surface area contributed by atoms with Crippen LogP contribution < -0.4 is 4.90 Å². The molecule has 2 aromatic carbocycles. The van der Waals surface area contributed by atoms with Crippen molar-refractivity contribution in [1.82, 2.24) is 19.9 Å².